The number of aromatic nitrogens is 2. The minimum absolute atomic E-state index is 0.108. The monoisotopic (exact) mass is 399 g/mol. The molecule has 1 heterocycles. The molecule has 0 aliphatic rings. The average Bonchev–Trinajstić information content (AvgIpc) is 2.68. The van der Waals surface area contributed by atoms with Gasteiger partial charge in [0, 0.05) is 6.54 Å². The van der Waals surface area contributed by atoms with E-state index in [1.54, 1.807) is 35.8 Å². The second-order valence-electron chi connectivity index (χ2n) is 6.50. The highest BCUT2D eigenvalue weighted by Crippen LogP contribution is 2.23. The molecule has 2 atom stereocenters. The van der Waals surface area contributed by atoms with Crippen LogP contribution in [0.2, 0.25) is 0 Å². The number of para-hydroxylation sites is 1. The van der Waals surface area contributed by atoms with Crippen molar-refractivity contribution in [2.45, 2.75) is 43.8 Å². The van der Waals surface area contributed by atoms with Gasteiger partial charge in [-0.1, -0.05) is 36.0 Å². The second kappa shape index (κ2) is 8.56. The van der Waals surface area contributed by atoms with Gasteiger partial charge in [-0.3, -0.25) is 14.2 Å². The van der Waals surface area contributed by atoms with E-state index in [-0.39, 0.29) is 23.3 Å². The number of amides is 1. The Morgan fingerprint density at radius 2 is 1.86 bits per heavy atom. The number of halogens is 1. The number of hydrogen-bond acceptors (Lipinski definition) is 4. The molecule has 1 amide bonds. The number of hydrogen-bond donors (Lipinski definition) is 1. The molecule has 28 heavy (non-hydrogen) atoms. The van der Waals surface area contributed by atoms with Gasteiger partial charge in [-0.25, -0.2) is 9.37 Å². The lowest BCUT2D eigenvalue weighted by atomic mass is 10.1. The van der Waals surface area contributed by atoms with Gasteiger partial charge < -0.3 is 5.32 Å². The first-order valence-corrected chi connectivity index (χ1v) is 10.0. The molecule has 0 saturated heterocycles. The molecule has 0 fully saturated rings. The molecule has 7 heteroatoms. The Kier molecular flexibility index (Phi) is 6.14. The maximum absolute atomic E-state index is 13.1. The first-order chi connectivity index (χ1) is 13.4. The number of carbonyl (C=O) groups is 1. The second-order valence-corrected chi connectivity index (χ2v) is 7.81. The summed E-state index contributed by atoms with van der Waals surface area (Å²) in [5, 5.41) is 3.56. The number of thioether (sulfide) groups is 1. The third kappa shape index (κ3) is 4.25. The van der Waals surface area contributed by atoms with Crippen molar-refractivity contribution in [1.29, 1.82) is 0 Å². The van der Waals surface area contributed by atoms with Crippen LogP contribution in [-0.4, -0.2) is 20.7 Å². The van der Waals surface area contributed by atoms with E-state index in [0.29, 0.717) is 22.6 Å². The molecule has 0 spiro atoms. The maximum atomic E-state index is 13.1. The van der Waals surface area contributed by atoms with E-state index in [9.17, 15) is 14.0 Å². The van der Waals surface area contributed by atoms with E-state index < -0.39 is 5.25 Å². The highest BCUT2D eigenvalue weighted by molar-refractivity contribution is 8.00. The fraction of sp³-hybridized carbons (Fsp3) is 0.286. The molecule has 3 aromatic rings. The zero-order chi connectivity index (χ0) is 20.3. The van der Waals surface area contributed by atoms with Gasteiger partial charge in [-0.2, -0.15) is 0 Å². The molecule has 2 aromatic carbocycles. The van der Waals surface area contributed by atoms with Crippen LogP contribution in [0.5, 0.6) is 0 Å². The molecule has 0 saturated carbocycles. The highest BCUT2D eigenvalue weighted by atomic mass is 32.2. The molecule has 0 radical (unpaired) electrons. The Balaban J connectivity index is 1.78. The molecule has 3 rings (SSSR count). The number of nitrogens with one attached hydrogen (secondary N) is 1. The van der Waals surface area contributed by atoms with Crippen LogP contribution >= 0.6 is 11.8 Å². The van der Waals surface area contributed by atoms with Crippen LogP contribution in [0.4, 0.5) is 4.39 Å². The summed E-state index contributed by atoms with van der Waals surface area (Å²) >= 11 is 1.25. The fourth-order valence-corrected chi connectivity index (χ4v) is 3.88. The summed E-state index contributed by atoms with van der Waals surface area (Å²) in [5.41, 5.74) is 1.33. The van der Waals surface area contributed by atoms with E-state index in [1.165, 1.54) is 23.9 Å². The predicted molar refractivity (Wildman–Crippen MR) is 110 cm³/mol. The SMILES string of the molecule is CCn1c(S[C@@H](C)C(=O)N[C@@H](C)c2ccc(F)cc2)nc2ccccc2c1=O. The zero-order valence-corrected chi connectivity index (χ0v) is 16.8. The highest BCUT2D eigenvalue weighted by Gasteiger charge is 2.20. The molecular formula is C21H22FN3O2S. The van der Waals surface area contributed by atoms with Gasteiger partial charge in [-0.15, -0.1) is 0 Å². The summed E-state index contributed by atoms with van der Waals surface area (Å²) in [6.07, 6.45) is 0. The van der Waals surface area contributed by atoms with Crippen molar-refractivity contribution in [3.63, 3.8) is 0 Å². The van der Waals surface area contributed by atoms with Crippen LogP contribution in [0, 0.1) is 5.82 Å². The lowest BCUT2D eigenvalue weighted by Crippen LogP contribution is -2.33. The van der Waals surface area contributed by atoms with Crippen molar-refractivity contribution in [1.82, 2.24) is 14.9 Å². The van der Waals surface area contributed by atoms with Crippen LogP contribution in [0.25, 0.3) is 10.9 Å². The topological polar surface area (TPSA) is 64.0 Å². The van der Waals surface area contributed by atoms with Gasteiger partial charge in [0.1, 0.15) is 5.82 Å². The Labute approximate surface area is 167 Å². The Bertz CT molecular complexity index is 1050. The standard InChI is InChI=1S/C21H22FN3O2S/c1-4-25-20(27)17-7-5-6-8-18(17)24-21(25)28-14(3)19(26)23-13(2)15-9-11-16(22)12-10-15/h5-14H,4H2,1-3H3,(H,23,26)/t13-,14-/m0/s1. The predicted octanol–water partition coefficient (Wildman–Crippen LogP) is 3.91. The lowest BCUT2D eigenvalue weighted by molar-refractivity contribution is -0.120. The van der Waals surface area contributed by atoms with E-state index in [0.717, 1.165) is 5.56 Å². The third-order valence-electron chi connectivity index (χ3n) is 4.52. The quantitative estimate of drug-likeness (QED) is 0.504. The van der Waals surface area contributed by atoms with Crippen molar-refractivity contribution in [2.24, 2.45) is 0 Å². The van der Waals surface area contributed by atoms with Crippen molar-refractivity contribution >= 4 is 28.6 Å². The largest absolute Gasteiger partial charge is 0.349 e. The summed E-state index contributed by atoms with van der Waals surface area (Å²) in [6, 6.07) is 13.0. The first-order valence-electron chi connectivity index (χ1n) is 9.12. The molecule has 0 unspecified atom stereocenters. The van der Waals surface area contributed by atoms with Gasteiger partial charge in [0.15, 0.2) is 5.16 Å². The number of nitrogens with zero attached hydrogens (tertiary/aromatic N) is 2. The number of fused-ring (bicyclic) bond motifs is 1. The molecule has 1 aromatic heterocycles. The summed E-state index contributed by atoms with van der Waals surface area (Å²) in [5.74, 6) is -0.488. The van der Waals surface area contributed by atoms with Crippen molar-refractivity contribution in [3.05, 3.63) is 70.3 Å². The molecular weight excluding hydrogens is 377 g/mol. The molecule has 0 aliphatic heterocycles. The fourth-order valence-electron chi connectivity index (χ4n) is 2.89. The molecule has 5 nitrogen and oxygen atoms in total. The summed E-state index contributed by atoms with van der Waals surface area (Å²) < 4.78 is 14.7. The van der Waals surface area contributed by atoms with Crippen molar-refractivity contribution in [3.8, 4) is 0 Å². The van der Waals surface area contributed by atoms with Crippen molar-refractivity contribution in [2.75, 3.05) is 0 Å². The number of carbonyl (C=O) groups excluding carboxylic acids is 1. The van der Waals surface area contributed by atoms with Gasteiger partial charge in [0.25, 0.3) is 5.56 Å². The van der Waals surface area contributed by atoms with Gasteiger partial charge in [-0.05, 0) is 50.6 Å². The average molecular weight is 399 g/mol. The normalized spacial score (nSPS) is 13.3. The maximum Gasteiger partial charge on any atom is 0.262 e. The van der Waals surface area contributed by atoms with Crippen molar-refractivity contribution < 1.29 is 9.18 Å². The van der Waals surface area contributed by atoms with Crippen LogP contribution in [0.1, 0.15) is 32.4 Å². The third-order valence-corrected chi connectivity index (χ3v) is 5.61. The van der Waals surface area contributed by atoms with Gasteiger partial charge in [0.05, 0.1) is 22.2 Å². The Morgan fingerprint density at radius 3 is 2.54 bits per heavy atom. The van der Waals surface area contributed by atoms with E-state index in [1.807, 2.05) is 26.0 Å². The van der Waals surface area contributed by atoms with Gasteiger partial charge in [0.2, 0.25) is 5.91 Å². The molecule has 146 valence electrons. The van der Waals surface area contributed by atoms with E-state index in [2.05, 4.69) is 10.3 Å². The summed E-state index contributed by atoms with van der Waals surface area (Å²) in [4.78, 5) is 29.9. The van der Waals surface area contributed by atoms with Crippen LogP contribution < -0.4 is 10.9 Å². The lowest BCUT2D eigenvalue weighted by Gasteiger charge is -2.19. The minimum atomic E-state index is -0.450. The summed E-state index contributed by atoms with van der Waals surface area (Å²) in [6.45, 7) is 5.97. The van der Waals surface area contributed by atoms with Crippen LogP contribution in [-0.2, 0) is 11.3 Å². The summed E-state index contributed by atoms with van der Waals surface area (Å²) in [7, 11) is 0. The molecule has 0 bridgehead atoms. The van der Waals surface area contributed by atoms with Gasteiger partial charge >= 0.3 is 0 Å². The Hall–Kier alpha value is -2.67. The number of rotatable bonds is 6. The molecule has 0 aliphatic carbocycles. The van der Waals surface area contributed by atoms with E-state index in [4.69, 9.17) is 0 Å². The van der Waals surface area contributed by atoms with Crippen LogP contribution in [0.3, 0.4) is 0 Å². The van der Waals surface area contributed by atoms with E-state index >= 15 is 0 Å². The minimum Gasteiger partial charge on any atom is -0.349 e. The zero-order valence-electron chi connectivity index (χ0n) is 16.0. The molecule has 1 N–H and O–H groups in total. The number of benzene rings is 2. The van der Waals surface area contributed by atoms with Crippen LogP contribution in [0.15, 0.2) is 58.5 Å². The first kappa shape index (κ1) is 20.1. The Morgan fingerprint density at radius 1 is 1.18 bits per heavy atom. The smallest absolute Gasteiger partial charge is 0.262 e.